The monoisotopic (exact) mass is 574 g/mol. The van der Waals surface area contributed by atoms with Crippen LogP contribution in [0.3, 0.4) is 0 Å². The molecule has 0 unspecified atom stereocenters. The Labute approximate surface area is 255 Å². The number of hydrogen-bond acceptors (Lipinski definition) is 6. The molecule has 0 fully saturated rings. The minimum Gasteiger partial charge on any atom is -0.496 e. The van der Waals surface area contributed by atoms with E-state index in [1.807, 2.05) is 76.7 Å². The Hall–Kier alpha value is -5.20. The van der Waals surface area contributed by atoms with Crippen LogP contribution in [0.15, 0.2) is 72.8 Å². The van der Waals surface area contributed by atoms with Crippen molar-refractivity contribution in [1.29, 1.82) is 0 Å². The summed E-state index contributed by atoms with van der Waals surface area (Å²) in [5.41, 5.74) is 7.41. The Morgan fingerprint density at radius 1 is 0.442 bits per heavy atom. The van der Waals surface area contributed by atoms with Crippen molar-refractivity contribution in [2.75, 3.05) is 66.4 Å². The topological polar surface area (TPSA) is 43.4 Å². The van der Waals surface area contributed by atoms with Crippen LogP contribution < -0.4 is 28.7 Å². The van der Waals surface area contributed by atoms with Gasteiger partial charge < -0.3 is 28.7 Å². The van der Waals surface area contributed by atoms with Gasteiger partial charge in [0.1, 0.15) is 23.0 Å². The zero-order valence-corrected chi connectivity index (χ0v) is 26.2. The highest BCUT2D eigenvalue weighted by molar-refractivity contribution is 5.61. The van der Waals surface area contributed by atoms with Crippen LogP contribution in [0.1, 0.15) is 33.4 Å². The largest absolute Gasteiger partial charge is 0.496 e. The van der Waals surface area contributed by atoms with Gasteiger partial charge in [-0.2, -0.15) is 0 Å². The lowest BCUT2D eigenvalue weighted by atomic mass is 9.98. The molecule has 4 aromatic carbocycles. The predicted octanol–water partition coefficient (Wildman–Crippen LogP) is 6.24. The van der Waals surface area contributed by atoms with Crippen molar-refractivity contribution in [1.82, 2.24) is 0 Å². The molecule has 0 aliphatic heterocycles. The van der Waals surface area contributed by atoms with Gasteiger partial charge >= 0.3 is 0 Å². The van der Waals surface area contributed by atoms with Crippen LogP contribution in [0.4, 0.5) is 11.4 Å². The molecule has 0 radical (unpaired) electrons. The van der Waals surface area contributed by atoms with Gasteiger partial charge in [-0.05, 0) is 72.8 Å². The van der Waals surface area contributed by atoms with Crippen LogP contribution in [0.5, 0.6) is 23.0 Å². The highest BCUT2D eigenvalue weighted by Gasteiger charge is 2.19. The second kappa shape index (κ2) is 14.1. The van der Waals surface area contributed by atoms with Gasteiger partial charge in [0.05, 0.1) is 28.4 Å². The first-order chi connectivity index (χ1) is 20.8. The zero-order chi connectivity index (χ0) is 30.9. The van der Waals surface area contributed by atoms with Gasteiger partial charge in [0.15, 0.2) is 0 Å². The number of nitrogens with zero attached hydrogens (tertiary/aromatic N) is 2. The highest BCUT2D eigenvalue weighted by atomic mass is 16.5. The van der Waals surface area contributed by atoms with Gasteiger partial charge in [0, 0.05) is 79.4 Å². The molecule has 220 valence electrons. The molecule has 4 rings (SSSR count). The average molecular weight is 575 g/mol. The van der Waals surface area contributed by atoms with Crippen molar-refractivity contribution >= 4 is 11.4 Å². The van der Waals surface area contributed by atoms with Crippen molar-refractivity contribution < 1.29 is 18.9 Å². The predicted molar refractivity (Wildman–Crippen MR) is 175 cm³/mol. The standard InChI is InChI=1S/C37H38N2O4/c1-38(2)30-17-13-26(14-18-30)9-11-28-21-34(40-5)32(35(22-28)41-6)25-33-36(42-7)23-29(24-37(33)43-8)12-10-27-15-19-31(20-16-27)39(3)4/h13-24H,25H2,1-8H3. The maximum absolute atomic E-state index is 5.82. The van der Waals surface area contributed by atoms with E-state index in [9.17, 15) is 0 Å². The summed E-state index contributed by atoms with van der Waals surface area (Å²) in [4.78, 5) is 4.12. The highest BCUT2D eigenvalue weighted by Crippen LogP contribution is 2.38. The fourth-order valence-corrected chi connectivity index (χ4v) is 4.61. The molecular formula is C37H38N2O4. The van der Waals surface area contributed by atoms with E-state index in [0.29, 0.717) is 29.4 Å². The van der Waals surface area contributed by atoms with Crippen LogP contribution in [-0.4, -0.2) is 56.6 Å². The molecule has 0 N–H and O–H groups in total. The molecule has 6 nitrogen and oxygen atoms in total. The first-order valence-corrected chi connectivity index (χ1v) is 13.8. The van der Waals surface area contributed by atoms with Crippen molar-refractivity contribution in [2.24, 2.45) is 0 Å². The summed E-state index contributed by atoms with van der Waals surface area (Å²) in [6, 6.07) is 24.0. The third-order valence-electron chi connectivity index (χ3n) is 7.04. The minimum atomic E-state index is 0.456. The number of ether oxygens (including phenoxy) is 4. The lowest BCUT2D eigenvalue weighted by Crippen LogP contribution is -2.07. The van der Waals surface area contributed by atoms with Gasteiger partial charge in [-0.3, -0.25) is 0 Å². The quantitative estimate of drug-likeness (QED) is 0.232. The molecule has 0 aliphatic carbocycles. The molecule has 0 spiro atoms. The number of benzene rings is 4. The summed E-state index contributed by atoms with van der Waals surface area (Å²) in [7, 11) is 14.6. The van der Waals surface area contributed by atoms with Crippen LogP contribution in [0.2, 0.25) is 0 Å². The molecule has 6 heteroatoms. The third-order valence-corrected chi connectivity index (χ3v) is 7.04. The molecule has 0 saturated carbocycles. The Morgan fingerprint density at radius 2 is 0.721 bits per heavy atom. The SMILES string of the molecule is COc1cc(C#Cc2ccc(N(C)C)cc2)cc(OC)c1Cc1c(OC)cc(C#Cc2ccc(N(C)C)cc2)cc1OC. The van der Waals surface area contributed by atoms with Gasteiger partial charge in [-0.1, -0.05) is 23.7 Å². The molecule has 0 bridgehead atoms. The minimum absolute atomic E-state index is 0.456. The second-order valence-electron chi connectivity index (χ2n) is 10.3. The van der Waals surface area contributed by atoms with Gasteiger partial charge in [0.2, 0.25) is 0 Å². The molecule has 43 heavy (non-hydrogen) atoms. The number of hydrogen-bond donors (Lipinski definition) is 0. The molecule has 0 aromatic heterocycles. The summed E-state index contributed by atoms with van der Waals surface area (Å²) in [6.45, 7) is 0. The molecule has 0 heterocycles. The van der Waals surface area contributed by atoms with E-state index in [2.05, 4.69) is 57.7 Å². The summed E-state index contributed by atoms with van der Waals surface area (Å²) in [6.07, 6.45) is 0.456. The molecule has 0 aliphatic rings. The summed E-state index contributed by atoms with van der Waals surface area (Å²) >= 11 is 0. The van der Waals surface area contributed by atoms with Crippen molar-refractivity contribution in [3.63, 3.8) is 0 Å². The van der Waals surface area contributed by atoms with Crippen molar-refractivity contribution in [3.8, 4) is 46.7 Å². The van der Waals surface area contributed by atoms with E-state index in [0.717, 1.165) is 44.8 Å². The van der Waals surface area contributed by atoms with E-state index in [-0.39, 0.29) is 0 Å². The first kappa shape index (κ1) is 30.8. The lowest BCUT2D eigenvalue weighted by Gasteiger charge is -2.18. The van der Waals surface area contributed by atoms with Crippen molar-refractivity contribution in [3.05, 3.63) is 106 Å². The summed E-state index contributed by atoms with van der Waals surface area (Å²) < 4.78 is 23.3. The van der Waals surface area contributed by atoms with Crippen LogP contribution in [0, 0.1) is 23.7 Å². The normalized spacial score (nSPS) is 10.0. The zero-order valence-electron chi connectivity index (χ0n) is 26.2. The van der Waals surface area contributed by atoms with Crippen LogP contribution in [-0.2, 0) is 6.42 Å². The maximum Gasteiger partial charge on any atom is 0.127 e. The van der Waals surface area contributed by atoms with E-state index in [4.69, 9.17) is 18.9 Å². The Balaban J connectivity index is 1.66. The summed E-state index contributed by atoms with van der Waals surface area (Å²) in [5.74, 6) is 15.6. The lowest BCUT2D eigenvalue weighted by molar-refractivity contribution is 0.377. The van der Waals surface area contributed by atoms with E-state index in [1.54, 1.807) is 28.4 Å². The Morgan fingerprint density at radius 3 is 0.977 bits per heavy atom. The Kier molecular flexibility index (Phi) is 10.1. The smallest absolute Gasteiger partial charge is 0.127 e. The number of anilines is 2. The van der Waals surface area contributed by atoms with Crippen molar-refractivity contribution in [2.45, 2.75) is 6.42 Å². The molecular weight excluding hydrogens is 536 g/mol. The first-order valence-electron chi connectivity index (χ1n) is 13.8. The third kappa shape index (κ3) is 7.56. The van der Waals surface area contributed by atoms with Gasteiger partial charge in [0.25, 0.3) is 0 Å². The van der Waals surface area contributed by atoms with Crippen LogP contribution in [0.25, 0.3) is 0 Å². The van der Waals surface area contributed by atoms with E-state index in [1.165, 1.54) is 0 Å². The van der Waals surface area contributed by atoms with E-state index >= 15 is 0 Å². The van der Waals surface area contributed by atoms with Crippen LogP contribution >= 0.6 is 0 Å². The maximum atomic E-state index is 5.82. The average Bonchev–Trinajstić information content (AvgIpc) is 3.03. The fourth-order valence-electron chi connectivity index (χ4n) is 4.61. The van der Waals surface area contributed by atoms with Gasteiger partial charge in [-0.15, -0.1) is 0 Å². The fraction of sp³-hybridized carbons (Fsp3) is 0.243. The number of rotatable bonds is 8. The second-order valence-corrected chi connectivity index (χ2v) is 10.3. The summed E-state index contributed by atoms with van der Waals surface area (Å²) in [5, 5.41) is 0. The Bertz CT molecular complexity index is 1510. The molecule has 0 saturated heterocycles. The number of methoxy groups -OCH3 is 4. The molecule has 0 amide bonds. The molecule has 4 aromatic rings. The van der Waals surface area contributed by atoms with Gasteiger partial charge in [-0.25, -0.2) is 0 Å². The van der Waals surface area contributed by atoms with E-state index < -0.39 is 0 Å². The molecule has 0 atom stereocenters.